The van der Waals surface area contributed by atoms with Crippen LogP contribution in [0, 0.1) is 6.42 Å². The quantitative estimate of drug-likeness (QED) is 0.669. The number of ether oxygens (including phenoxy) is 2. The average molecular weight is 193 g/mol. The van der Waals surface area contributed by atoms with Gasteiger partial charge in [-0.15, -0.1) is 0 Å². The third kappa shape index (κ3) is 2.74. The van der Waals surface area contributed by atoms with Crippen LogP contribution in [-0.4, -0.2) is 13.9 Å². The van der Waals surface area contributed by atoms with Crippen molar-refractivity contribution in [1.82, 2.24) is 0 Å². The summed E-state index contributed by atoms with van der Waals surface area (Å²) in [5, 5.41) is 0. The van der Waals surface area contributed by atoms with E-state index in [-0.39, 0.29) is 0 Å². The van der Waals surface area contributed by atoms with Gasteiger partial charge in [-0.3, -0.25) is 0 Å². The summed E-state index contributed by atoms with van der Waals surface area (Å²) in [7, 11) is 1.62. The molecule has 77 valence electrons. The number of hydrogen-bond donors (Lipinski definition) is 0. The zero-order valence-electron chi connectivity index (χ0n) is 9.04. The third-order valence-electron chi connectivity index (χ3n) is 2.13. The molecule has 0 fully saturated rings. The summed E-state index contributed by atoms with van der Waals surface area (Å²) in [5.74, 6) is 0.917. The Morgan fingerprint density at radius 3 is 2.71 bits per heavy atom. The summed E-state index contributed by atoms with van der Waals surface area (Å²) < 4.78 is 10.3. The highest BCUT2D eigenvalue weighted by atomic mass is 16.7. The van der Waals surface area contributed by atoms with Gasteiger partial charge < -0.3 is 9.47 Å². The monoisotopic (exact) mass is 193 g/mol. The van der Waals surface area contributed by atoms with Crippen LogP contribution >= 0.6 is 0 Å². The Morgan fingerprint density at radius 2 is 2.14 bits per heavy atom. The van der Waals surface area contributed by atoms with Crippen molar-refractivity contribution in [3.63, 3.8) is 0 Å². The Morgan fingerprint density at radius 1 is 1.36 bits per heavy atom. The van der Waals surface area contributed by atoms with Gasteiger partial charge in [0.2, 0.25) is 0 Å². The molecule has 0 aliphatic heterocycles. The summed E-state index contributed by atoms with van der Waals surface area (Å²) in [4.78, 5) is 0. The molecule has 0 spiro atoms. The molecule has 0 aliphatic carbocycles. The molecule has 0 saturated heterocycles. The van der Waals surface area contributed by atoms with Crippen LogP contribution < -0.4 is 4.74 Å². The van der Waals surface area contributed by atoms with Gasteiger partial charge in [0.05, 0.1) is 0 Å². The summed E-state index contributed by atoms with van der Waals surface area (Å²) >= 11 is 0. The van der Waals surface area contributed by atoms with E-state index in [0.29, 0.717) is 6.79 Å². The molecule has 2 heteroatoms. The van der Waals surface area contributed by atoms with Gasteiger partial charge in [-0.25, -0.2) is 0 Å². The minimum atomic E-state index is 0.308. The van der Waals surface area contributed by atoms with Gasteiger partial charge in [0.15, 0.2) is 6.79 Å². The standard InChI is InChI=1S/C12H17O2/c1-4-10-6-7-12(14-9-13-3)11(5-2)8-10/h4,6-8H,5,9H2,1-3H3. The molecule has 1 rings (SSSR count). The first-order valence-electron chi connectivity index (χ1n) is 4.85. The average Bonchev–Trinajstić information content (AvgIpc) is 2.26. The van der Waals surface area contributed by atoms with E-state index in [4.69, 9.17) is 9.47 Å². The zero-order valence-corrected chi connectivity index (χ0v) is 9.04. The summed E-state index contributed by atoms with van der Waals surface area (Å²) in [6, 6.07) is 6.18. The van der Waals surface area contributed by atoms with Crippen molar-refractivity contribution < 1.29 is 9.47 Å². The van der Waals surface area contributed by atoms with E-state index in [9.17, 15) is 0 Å². The van der Waals surface area contributed by atoms with Crippen LogP contribution in [-0.2, 0) is 11.2 Å². The first-order chi connectivity index (χ1) is 6.81. The highest BCUT2D eigenvalue weighted by Crippen LogP contribution is 2.21. The van der Waals surface area contributed by atoms with Gasteiger partial charge in [0.1, 0.15) is 5.75 Å². The fourth-order valence-electron chi connectivity index (χ4n) is 1.32. The molecule has 2 nitrogen and oxygen atoms in total. The molecule has 0 saturated carbocycles. The lowest BCUT2D eigenvalue weighted by Gasteiger charge is -2.10. The topological polar surface area (TPSA) is 18.5 Å². The molecular weight excluding hydrogens is 176 g/mol. The molecule has 0 heterocycles. The number of methoxy groups -OCH3 is 1. The molecule has 0 atom stereocenters. The van der Waals surface area contributed by atoms with Crippen LogP contribution in [0.3, 0.4) is 0 Å². The molecule has 0 aromatic heterocycles. The lowest BCUT2D eigenvalue weighted by molar-refractivity contribution is 0.0504. The van der Waals surface area contributed by atoms with Crippen molar-refractivity contribution in [3.8, 4) is 5.75 Å². The van der Waals surface area contributed by atoms with Crippen molar-refractivity contribution in [1.29, 1.82) is 0 Å². The van der Waals surface area contributed by atoms with E-state index in [1.165, 1.54) is 11.1 Å². The Hall–Kier alpha value is -1.02. The molecule has 14 heavy (non-hydrogen) atoms. The SMILES string of the molecule is C[CH]c1ccc(OCOC)c(CC)c1. The first kappa shape index (κ1) is 11.1. The van der Waals surface area contributed by atoms with Crippen molar-refractivity contribution in [2.24, 2.45) is 0 Å². The Labute approximate surface area is 85.8 Å². The van der Waals surface area contributed by atoms with Crippen LogP contribution in [0.2, 0.25) is 0 Å². The van der Waals surface area contributed by atoms with Crippen molar-refractivity contribution in [3.05, 3.63) is 35.7 Å². The molecule has 0 N–H and O–H groups in total. The molecule has 1 aromatic carbocycles. The maximum atomic E-state index is 5.44. The number of rotatable bonds is 5. The molecule has 1 aromatic rings. The number of aryl methyl sites for hydroxylation is 1. The lowest BCUT2D eigenvalue weighted by Crippen LogP contribution is -2.01. The third-order valence-corrected chi connectivity index (χ3v) is 2.13. The van der Waals surface area contributed by atoms with E-state index in [1.54, 1.807) is 7.11 Å². The maximum Gasteiger partial charge on any atom is 0.188 e. The lowest BCUT2D eigenvalue weighted by atomic mass is 10.1. The molecule has 0 unspecified atom stereocenters. The Bertz CT molecular complexity index is 282. The van der Waals surface area contributed by atoms with Gasteiger partial charge in [-0.2, -0.15) is 0 Å². The highest BCUT2D eigenvalue weighted by Gasteiger charge is 2.02. The predicted molar refractivity (Wildman–Crippen MR) is 57.4 cm³/mol. The van der Waals surface area contributed by atoms with Gasteiger partial charge in [0.25, 0.3) is 0 Å². The number of hydrogen-bond acceptors (Lipinski definition) is 2. The first-order valence-corrected chi connectivity index (χ1v) is 4.85. The second-order valence-electron chi connectivity index (χ2n) is 3.06. The fourth-order valence-corrected chi connectivity index (χ4v) is 1.32. The van der Waals surface area contributed by atoms with E-state index >= 15 is 0 Å². The van der Waals surface area contributed by atoms with E-state index in [2.05, 4.69) is 19.4 Å². The van der Waals surface area contributed by atoms with Crippen LogP contribution in [0.1, 0.15) is 25.0 Å². The van der Waals surface area contributed by atoms with Crippen LogP contribution in [0.25, 0.3) is 0 Å². The molecular formula is C12H17O2. The van der Waals surface area contributed by atoms with E-state index in [1.807, 2.05) is 19.1 Å². The minimum absolute atomic E-state index is 0.308. The van der Waals surface area contributed by atoms with Crippen molar-refractivity contribution >= 4 is 0 Å². The normalized spacial score (nSPS) is 10.2. The molecule has 0 amide bonds. The predicted octanol–water partition coefficient (Wildman–Crippen LogP) is 2.80. The largest absolute Gasteiger partial charge is 0.467 e. The van der Waals surface area contributed by atoms with Crippen LogP contribution in [0.15, 0.2) is 18.2 Å². The van der Waals surface area contributed by atoms with Gasteiger partial charge in [-0.05, 0) is 30.0 Å². The summed E-state index contributed by atoms with van der Waals surface area (Å²) in [6.07, 6.45) is 3.06. The van der Waals surface area contributed by atoms with Crippen molar-refractivity contribution in [2.75, 3.05) is 13.9 Å². The van der Waals surface area contributed by atoms with Gasteiger partial charge in [-0.1, -0.05) is 26.0 Å². The highest BCUT2D eigenvalue weighted by molar-refractivity contribution is 5.39. The Kier molecular flexibility index (Phi) is 4.47. The maximum absolute atomic E-state index is 5.44. The van der Waals surface area contributed by atoms with Crippen molar-refractivity contribution in [2.45, 2.75) is 20.3 Å². The van der Waals surface area contributed by atoms with Crippen LogP contribution in [0.4, 0.5) is 0 Å². The summed E-state index contributed by atoms with van der Waals surface area (Å²) in [6.45, 7) is 4.46. The smallest absolute Gasteiger partial charge is 0.188 e. The second kappa shape index (κ2) is 5.66. The molecule has 0 bridgehead atoms. The van der Waals surface area contributed by atoms with Crippen LogP contribution in [0.5, 0.6) is 5.75 Å². The zero-order chi connectivity index (χ0) is 10.4. The minimum Gasteiger partial charge on any atom is -0.467 e. The van der Waals surface area contributed by atoms with Gasteiger partial charge in [0, 0.05) is 7.11 Å². The van der Waals surface area contributed by atoms with Gasteiger partial charge >= 0.3 is 0 Å². The fraction of sp³-hybridized carbons (Fsp3) is 0.417. The molecule has 1 radical (unpaired) electrons. The van der Waals surface area contributed by atoms with E-state index in [0.717, 1.165) is 12.2 Å². The number of benzene rings is 1. The van der Waals surface area contributed by atoms with E-state index < -0.39 is 0 Å². The summed E-state index contributed by atoms with van der Waals surface area (Å²) in [5.41, 5.74) is 2.45. The Balaban J connectivity index is 2.82. The second-order valence-corrected chi connectivity index (χ2v) is 3.06. The molecule has 0 aliphatic rings.